The fraction of sp³-hybridized carbons (Fsp3) is 0.529. The van der Waals surface area contributed by atoms with Crippen molar-refractivity contribution < 1.29 is 19.2 Å². The van der Waals surface area contributed by atoms with Crippen LogP contribution in [0.5, 0.6) is 0 Å². The molecule has 3 aromatic rings. The van der Waals surface area contributed by atoms with E-state index in [1.807, 2.05) is 6.20 Å². The predicted octanol–water partition coefficient (Wildman–Crippen LogP) is 6.76. The number of rotatable bonds is 3. The third kappa shape index (κ3) is 3.94. The molecule has 4 aliphatic rings. The maximum Gasteiger partial charge on any atom is 0.494 e. The van der Waals surface area contributed by atoms with Crippen molar-refractivity contribution in [3.8, 4) is 22.4 Å². The van der Waals surface area contributed by atoms with Crippen molar-refractivity contribution >= 4 is 18.7 Å². The Labute approximate surface area is 249 Å². The van der Waals surface area contributed by atoms with Gasteiger partial charge in [-0.3, -0.25) is 4.90 Å². The number of hydrogen-bond donors (Lipinski definition) is 2. The van der Waals surface area contributed by atoms with Crippen LogP contribution in [0.3, 0.4) is 0 Å². The molecule has 2 saturated heterocycles. The van der Waals surface area contributed by atoms with Crippen molar-refractivity contribution in [2.45, 2.75) is 103 Å². The van der Waals surface area contributed by atoms with Crippen LogP contribution >= 0.6 is 0 Å². The maximum absolute atomic E-state index is 12.6. The Morgan fingerprint density at radius 1 is 1.02 bits per heavy atom. The summed E-state index contributed by atoms with van der Waals surface area (Å²) in [6, 6.07) is 13.0. The Morgan fingerprint density at radius 3 is 2.31 bits per heavy atom. The van der Waals surface area contributed by atoms with E-state index in [1.54, 1.807) is 4.90 Å². The van der Waals surface area contributed by atoms with Gasteiger partial charge in [0.1, 0.15) is 5.82 Å². The van der Waals surface area contributed by atoms with Gasteiger partial charge in [0.2, 0.25) is 0 Å². The number of likely N-dealkylation sites (tertiary alicyclic amines) is 1. The van der Waals surface area contributed by atoms with E-state index >= 15 is 0 Å². The molecule has 0 spiro atoms. The lowest BCUT2D eigenvalue weighted by atomic mass is 9.72. The number of benzene rings is 2. The molecule has 2 bridgehead atoms. The summed E-state index contributed by atoms with van der Waals surface area (Å²) in [5, 5.41) is 10.3. The number of aryl methyl sites for hydroxylation is 2. The van der Waals surface area contributed by atoms with E-state index in [-0.39, 0.29) is 35.3 Å². The highest BCUT2D eigenvalue weighted by molar-refractivity contribution is 6.62. The molecule has 3 heterocycles. The molecule has 220 valence electrons. The number of carboxylic acid groups (broad SMARTS) is 1. The summed E-state index contributed by atoms with van der Waals surface area (Å²) < 4.78 is 12.6. The zero-order valence-corrected chi connectivity index (χ0v) is 25.9. The molecule has 2 aromatic carbocycles. The third-order valence-electron chi connectivity index (χ3n) is 11.2. The summed E-state index contributed by atoms with van der Waals surface area (Å²) in [6.07, 6.45) is 5.80. The van der Waals surface area contributed by atoms with Gasteiger partial charge in [0.25, 0.3) is 0 Å². The molecule has 0 unspecified atom stereocenters. The Kier molecular flexibility index (Phi) is 5.91. The molecular weight excluding hydrogens is 525 g/mol. The van der Waals surface area contributed by atoms with E-state index in [0.29, 0.717) is 5.92 Å². The minimum Gasteiger partial charge on any atom is -0.465 e. The number of H-pyrrole nitrogens is 1. The number of fused-ring (bicyclic) bond motifs is 5. The van der Waals surface area contributed by atoms with E-state index < -0.39 is 6.09 Å². The molecule has 8 heteroatoms. The number of hydrogen-bond acceptors (Lipinski definition) is 4. The van der Waals surface area contributed by atoms with Crippen LogP contribution in [0.2, 0.25) is 0 Å². The number of aromatic nitrogens is 2. The molecule has 42 heavy (non-hydrogen) atoms. The number of nitrogens with one attached hydrogen (secondary N) is 1. The van der Waals surface area contributed by atoms with Crippen molar-refractivity contribution in [3.05, 3.63) is 59.5 Å². The lowest BCUT2D eigenvalue weighted by Crippen LogP contribution is -2.56. The molecule has 7 nitrogen and oxygen atoms in total. The lowest BCUT2D eigenvalue weighted by Gasteiger charge is -2.48. The fourth-order valence-electron chi connectivity index (χ4n) is 8.06. The van der Waals surface area contributed by atoms with Gasteiger partial charge in [-0.2, -0.15) is 0 Å². The number of aromatic amines is 1. The van der Waals surface area contributed by atoms with Crippen LogP contribution in [0.4, 0.5) is 4.79 Å². The van der Waals surface area contributed by atoms with Crippen molar-refractivity contribution in [2.75, 3.05) is 0 Å². The monoisotopic (exact) mass is 567 g/mol. The first-order valence-electron chi connectivity index (χ1n) is 15.4. The molecule has 0 radical (unpaired) electrons. The number of nitrogens with zero attached hydrogens (tertiary/aromatic N) is 2. The molecule has 7 rings (SSSR count). The molecule has 2 aliphatic carbocycles. The molecule has 3 atom stereocenters. The van der Waals surface area contributed by atoms with Gasteiger partial charge in [-0.25, -0.2) is 9.78 Å². The van der Waals surface area contributed by atoms with Gasteiger partial charge in [0.05, 0.1) is 34.7 Å². The molecule has 2 N–H and O–H groups in total. The van der Waals surface area contributed by atoms with Crippen LogP contribution in [-0.4, -0.2) is 49.9 Å². The lowest BCUT2D eigenvalue weighted by molar-refractivity contribution is -0.00355. The maximum atomic E-state index is 12.6. The molecule has 3 fully saturated rings. The average Bonchev–Trinajstić information content (AvgIpc) is 3.69. The first-order chi connectivity index (χ1) is 19.7. The van der Waals surface area contributed by atoms with Crippen molar-refractivity contribution in [2.24, 2.45) is 11.3 Å². The van der Waals surface area contributed by atoms with E-state index in [0.717, 1.165) is 54.6 Å². The van der Waals surface area contributed by atoms with Gasteiger partial charge in [-0.1, -0.05) is 51.1 Å². The number of carbonyl (C=O) groups is 1. The van der Waals surface area contributed by atoms with E-state index in [4.69, 9.17) is 14.3 Å². The van der Waals surface area contributed by atoms with Crippen LogP contribution < -0.4 is 5.46 Å². The van der Waals surface area contributed by atoms with Crippen molar-refractivity contribution in [1.82, 2.24) is 14.9 Å². The highest BCUT2D eigenvalue weighted by atomic mass is 16.7. The number of imidazole rings is 1. The summed E-state index contributed by atoms with van der Waals surface area (Å²) in [7, 11) is -0.357. The van der Waals surface area contributed by atoms with Crippen LogP contribution in [0.25, 0.3) is 22.4 Å². The van der Waals surface area contributed by atoms with E-state index in [9.17, 15) is 9.90 Å². The third-order valence-corrected chi connectivity index (χ3v) is 11.2. The van der Waals surface area contributed by atoms with Gasteiger partial charge in [-0.05, 0) is 110 Å². The zero-order chi connectivity index (χ0) is 29.8. The minimum absolute atomic E-state index is 0.135. The normalized spacial score (nSPS) is 27.3. The van der Waals surface area contributed by atoms with Crippen LogP contribution in [0.15, 0.2) is 42.6 Å². The first-order valence-corrected chi connectivity index (χ1v) is 15.4. The highest BCUT2D eigenvalue weighted by Gasteiger charge is 2.64. The Hall–Kier alpha value is -3.10. The summed E-state index contributed by atoms with van der Waals surface area (Å²) in [5.74, 6) is 1.06. The highest BCUT2D eigenvalue weighted by Crippen LogP contribution is 2.62. The molecule has 1 saturated carbocycles. The van der Waals surface area contributed by atoms with Gasteiger partial charge in [0, 0.05) is 0 Å². The van der Waals surface area contributed by atoms with Crippen LogP contribution in [0.1, 0.15) is 90.7 Å². The average molecular weight is 568 g/mol. The predicted molar refractivity (Wildman–Crippen MR) is 165 cm³/mol. The Balaban J connectivity index is 1.15. The van der Waals surface area contributed by atoms with E-state index in [1.165, 1.54) is 22.3 Å². The summed E-state index contributed by atoms with van der Waals surface area (Å²) >= 11 is 0. The summed E-state index contributed by atoms with van der Waals surface area (Å²) in [4.78, 5) is 22.6. The van der Waals surface area contributed by atoms with Gasteiger partial charge in [0.15, 0.2) is 0 Å². The molecular formula is C34H42BN3O4. The largest absolute Gasteiger partial charge is 0.494 e. The molecule has 1 amide bonds. The smallest absolute Gasteiger partial charge is 0.465 e. The Bertz CT molecular complexity index is 1570. The van der Waals surface area contributed by atoms with Gasteiger partial charge < -0.3 is 19.4 Å². The number of amides is 1. The van der Waals surface area contributed by atoms with Gasteiger partial charge >= 0.3 is 13.2 Å². The van der Waals surface area contributed by atoms with Gasteiger partial charge in [-0.15, -0.1) is 0 Å². The second kappa shape index (κ2) is 8.96. The zero-order valence-electron chi connectivity index (χ0n) is 25.9. The second-order valence-electron chi connectivity index (χ2n) is 14.9. The number of piperidine rings is 1. The topological polar surface area (TPSA) is 87.7 Å². The first kappa shape index (κ1) is 27.7. The van der Waals surface area contributed by atoms with Crippen LogP contribution in [0, 0.1) is 11.3 Å². The molecule has 1 aromatic heterocycles. The quantitative estimate of drug-likeness (QED) is 0.342. The molecule has 2 aliphatic heterocycles. The summed E-state index contributed by atoms with van der Waals surface area (Å²) in [5.41, 5.74) is 7.06. The minimum atomic E-state index is -0.843. The Morgan fingerprint density at radius 2 is 1.67 bits per heavy atom. The fourth-order valence-corrected chi connectivity index (χ4v) is 8.06. The standard InChI is InChI=1S/C34H42BN3O4/c1-31(2,3)34-15-14-23(18-34)28(38(34)30(39)40)29-36-19-27(37-29)22-10-12-25-20(16-22)8-9-21-17-24(11-13-26(21)25)35-41-32(4,5)33(6,7)42-35/h10-13,16-17,19,23,28H,8-9,14-15,18H2,1-7H3,(H,36,37)(H,39,40)/t23-,28-,34+/m0/s1. The van der Waals surface area contributed by atoms with Crippen molar-refractivity contribution in [1.29, 1.82) is 0 Å². The van der Waals surface area contributed by atoms with Crippen molar-refractivity contribution in [3.63, 3.8) is 0 Å². The van der Waals surface area contributed by atoms with Crippen LogP contribution in [-0.2, 0) is 22.2 Å². The second-order valence-corrected chi connectivity index (χ2v) is 14.9. The SMILES string of the molecule is CC1(C)OB(c2ccc3c(c2)CCc2cc(-c4cnc([C@@H]5[C@H]6CC[C@](C(C)(C)C)(C6)N5C(=O)O)[nH]4)ccc2-3)OC1(C)C. The summed E-state index contributed by atoms with van der Waals surface area (Å²) in [6.45, 7) is 14.9. The van der Waals surface area contributed by atoms with E-state index in [2.05, 4.69) is 89.8 Å².